The summed E-state index contributed by atoms with van der Waals surface area (Å²) < 4.78 is 13.4. The van der Waals surface area contributed by atoms with Gasteiger partial charge in [0, 0.05) is 17.3 Å². The van der Waals surface area contributed by atoms with Gasteiger partial charge in [-0.3, -0.25) is 0 Å². The highest BCUT2D eigenvalue weighted by Gasteiger charge is 2.36. The van der Waals surface area contributed by atoms with Gasteiger partial charge in [-0.1, -0.05) is 31.4 Å². The largest absolute Gasteiger partial charge is 0.378 e. The molecule has 0 aromatic heterocycles. The minimum Gasteiger partial charge on any atom is -0.378 e. The van der Waals surface area contributed by atoms with Gasteiger partial charge in [-0.05, 0) is 37.0 Å². The van der Waals surface area contributed by atoms with E-state index in [0.717, 1.165) is 24.9 Å². The van der Waals surface area contributed by atoms with Crippen molar-refractivity contribution in [2.75, 3.05) is 11.9 Å². The Balaban J connectivity index is 2.23. The molecule has 2 atom stereocenters. The monoisotopic (exact) mass is 270 g/mol. The van der Waals surface area contributed by atoms with Gasteiger partial charge in [0.1, 0.15) is 5.82 Å². The van der Waals surface area contributed by atoms with Gasteiger partial charge in [-0.25, -0.2) is 4.39 Å². The fourth-order valence-electron chi connectivity index (χ4n) is 2.87. The second kappa shape index (κ2) is 5.45. The number of hydrogen-bond acceptors (Lipinski definition) is 2. The molecule has 0 spiro atoms. The molecule has 1 aromatic carbocycles. The van der Waals surface area contributed by atoms with Crippen LogP contribution in [0.4, 0.5) is 10.1 Å². The second-order valence-corrected chi connectivity index (χ2v) is 5.73. The maximum absolute atomic E-state index is 13.4. The van der Waals surface area contributed by atoms with Crippen LogP contribution in [0.15, 0.2) is 18.2 Å². The molecule has 2 rings (SSSR count). The van der Waals surface area contributed by atoms with Crippen LogP contribution in [-0.4, -0.2) is 12.1 Å². The normalized spacial score (nSPS) is 28.1. The number of benzene rings is 1. The topological polar surface area (TPSA) is 38.0 Å². The molecule has 1 aromatic rings. The van der Waals surface area contributed by atoms with Gasteiger partial charge >= 0.3 is 0 Å². The van der Waals surface area contributed by atoms with Crippen LogP contribution in [-0.2, 0) is 0 Å². The van der Waals surface area contributed by atoms with E-state index in [1.807, 2.05) is 0 Å². The lowest BCUT2D eigenvalue weighted by molar-refractivity contribution is 0.235. The minimum atomic E-state index is -0.319. The summed E-state index contributed by atoms with van der Waals surface area (Å²) in [6.45, 7) is 2.77. The first kappa shape index (κ1) is 13.6. The number of nitrogens with one attached hydrogen (secondary N) is 1. The zero-order valence-electron chi connectivity index (χ0n) is 10.7. The average Bonchev–Trinajstić information content (AvgIpc) is 2.31. The summed E-state index contributed by atoms with van der Waals surface area (Å²) >= 11 is 5.88. The van der Waals surface area contributed by atoms with Crippen LogP contribution >= 0.6 is 11.6 Å². The number of hydrogen-bond donors (Lipinski definition) is 2. The van der Waals surface area contributed by atoms with Crippen LogP contribution in [0, 0.1) is 11.7 Å². The van der Waals surface area contributed by atoms with Crippen molar-refractivity contribution in [2.24, 2.45) is 11.7 Å². The molecule has 4 heteroatoms. The van der Waals surface area contributed by atoms with E-state index in [-0.39, 0.29) is 11.4 Å². The number of halogens is 2. The number of nitrogens with two attached hydrogens (primary N) is 1. The highest BCUT2D eigenvalue weighted by molar-refractivity contribution is 6.30. The Labute approximate surface area is 113 Å². The van der Waals surface area contributed by atoms with Crippen molar-refractivity contribution >= 4 is 17.3 Å². The molecule has 0 bridgehead atoms. The fraction of sp³-hybridized carbons (Fsp3) is 0.571. The van der Waals surface area contributed by atoms with Crippen molar-refractivity contribution in [3.05, 3.63) is 29.0 Å². The van der Waals surface area contributed by atoms with Gasteiger partial charge in [0.05, 0.1) is 5.54 Å². The van der Waals surface area contributed by atoms with Gasteiger partial charge in [-0.2, -0.15) is 0 Å². The third-order valence-corrected chi connectivity index (χ3v) is 4.29. The van der Waals surface area contributed by atoms with Crippen LogP contribution in [0.25, 0.3) is 0 Å². The molecule has 0 heterocycles. The zero-order valence-corrected chi connectivity index (χ0v) is 11.4. The Hall–Kier alpha value is -0.800. The van der Waals surface area contributed by atoms with Gasteiger partial charge < -0.3 is 11.1 Å². The zero-order chi connectivity index (χ0) is 13.2. The molecule has 1 aliphatic carbocycles. The first-order chi connectivity index (χ1) is 8.55. The first-order valence-corrected chi connectivity index (χ1v) is 6.88. The minimum absolute atomic E-state index is 0.130. The second-order valence-electron chi connectivity index (χ2n) is 5.29. The molecule has 2 nitrogen and oxygen atoms in total. The van der Waals surface area contributed by atoms with Gasteiger partial charge in [0.2, 0.25) is 0 Å². The van der Waals surface area contributed by atoms with Crippen molar-refractivity contribution in [1.82, 2.24) is 0 Å². The highest BCUT2D eigenvalue weighted by atomic mass is 35.5. The van der Waals surface area contributed by atoms with E-state index in [9.17, 15) is 4.39 Å². The molecule has 0 amide bonds. The first-order valence-electron chi connectivity index (χ1n) is 6.50. The van der Waals surface area contributed by atoms with E-state index in [2.05, 4.69) is 12.2 Å². The maximum atomic E-state index is 13.4. The van der Waals surface area contributed by atoms with Crippen molar-refractivity contribution in [1.29, 1.82) is 0 Å². The summed E-state index contributed by atoms with van der Waals surface area (Å²) in [5.41, 5.74) is 6.56. The Morgan fingerprint density at radius 2 is 2.22 bits per heavy atom. The fourth-order valence-corrected chi connectivity index (χ4v) is 3.09. The molecule has 1 saturated carbocycles. The molecule has 2 unspecified atom stereocenters. The van der Waals surface area contributed by atoms with Crippen LogP contribution in [0.1, 0.15) is 32.6 Å². The van der Waals surface area contributed by atoms with Crippen LogP contribution in [0.2, 0.25) is 5.02 Å². The lowest BCUT2D eigenvalue weighted by atomic mass is 9.73. The van der Waals surface area contributed by atoms with Gasteiger partial charge in [0.25, 0.3) is 0 Å². The molecule has 100 valence electrons. The van der Waals surface area contributed by atoms with Crippen LogP contribution in [0.5, 0.6) is 0 Å². The average molecular weight is 271 g/mol. The number of anilines is 1. The smallest absolute Gasteiger partial charge is 0.126 e. The van der Waals surface area contributed by atoms with Crippen molar-refractivity contribution in [2.45, 2.75) is 38.1 Å². The maximum Gasteiger partial charge on any atom is 0.126 e. The molecule has 18 heavy (non-hydrogen) atoms. The predicted octanol–water partition coefficient (Wildman–Crippen LogP) is 3.80. The molecule has 1 fully saturated rings. The molecule has 1 aliphatic rings. The quantitative estimate of drug-likeness (QED) is 0.877. The lowest BCUT2D eigenvalue weighted by Gasteiger charge is -2.43. The summed E-state index contributed by atoms with van der Waals surface area (Å²) in [5, 5.41) is 3.84. The van der Waals surface area contributed by atoms with E-state index in [4.69, 9.17) is 17.3 Å². The summed E-state index contributed by atoms with van der Waals surface area (Å²) in [7, 11) is 0. The molecular weight excluding hydrogens is 251 g/mol. The van der Waals surface area contributed by atoms with Crippen molar-refractivity contribution in [3.63, 3.8) is 0 Å². The molecule has 0 saturated heterocycles. The SMILES string of the molecule is CC1CCCCC1(CN)Nc1cc(F)cc(Cl)c1. The highest BCUT2D eigenvalue weighted by Crippen LogP contribution is 2.36. The van der Waals surface area contributed by atoms with E-state index in [1.54, 1.807) is 6.07 Å². The number of rotatable bonds is 3. The predicted molar refractivity (Wildman–Crippen MR) is 74.5 cm³/mol. The lowest BCUT2D eigenvalue weighted by Crippen LogP contribution is -2.52. The van der Waals surface area contributed by atoms with Gasteiger partial charge in [0.15, 0.2) is 0 Å². The van der Waals surface area contributed by atoms with Crippen LogP contribution < -0.4 is 11.1 Å². The summed E-state index contributed by atoms with van der Waals surface area (Å²) in [4.78, 5) is 0. The molecular formula is C14H20ClFN2. The molecule has 3 N–H and O–H groups in total. The Morgan fingerprint density at radius 1 is 1.44 bits per heavy atom. The van der Waals surface area contributed by atoms with Crippen molar-refractivity contribution < 1.29 is 4.39 Å². The van der Waals surface area contributed by atoms with E-state index in [0.29, 0.717) is 17.5 Å². The molecule has 0 aliphatic heterocycles. The Bertz CT molecular complexity index is 404. The Morgan fingerprint density at radius 3 is 2.83 bits per heavy atom. The Kier molecular flexibility index (Phi) is 4.13. The van der Waals surface area contributed by atoms with Crippen molar-refractivity contribution in [3.8, 4) is 0 Å². The van der Waals surface area contributed by atoms with E-state index >= 15 is 0 Å². The summed E-state index contributed by atoms with van der Waals surface area (Å²) in [5.74, 6) is 0.166. The third-order valence-electron chi connectivity index (χ3n) is 4.07. The summed E-state index contributed by atoms with van der Waals surface area (Å²) in [6, 6.07) is 4.54. The van der Waals surface area contributed by atoms with E-state index in [1.165, 1.54) is 18.6 Å². The summed E-state index contributed by atoms with van der Waals surface area (Å²) in [6.07, 6.45) is 4.60. The van der Waals surface area contributed by atoms with Crippen LogP contribution in [0.3, 0.4) is 0 Å². The standard InChI is InChI=1S/C14H20ClFN2/c1-10-4-2-3-5-14(10,9-17)18-13-7-11(15)6-12(16)8-13/h6-8,10,18H,2-5,9,17H2,1H3. The third kappa shape index (κ3) is 2.78. The molecule has 0 radical (unpaired) electrons. The van der Waals surface area contributed by atoms with E-state index < -0.39 is 0 Å². The van der Waals surface area contributed by atoms with Gasteiger partial charge in [-0.15, -0.1) is 0 Å².